The number of fused-ring (bicyclic) bond motifs is 1. The van der Waals surface area contributed by atoms with Gasteiger partial charge in [-0.25, -0.2) is 4.79 Å². The van der Waals surface area contributed by atoms with E-state index in [0.29, 0.717) is 5.69 Å². The van der Waals surface area contributed by atoms with Crippen LogP contribution in [-0.2, 0) is 15.3 Å². The van der Waals surface area contributed by atoms with E-state index in [2.05, 4.69) is 31.0 Å². The molecule has 1 aromatic heterocycles. The number of H-pyrrole nitrogens is 1. The Morgan fingerprint density at radius 2 is 1.73 bits per heavy atom. The zero-order valence-corrected chi connectivity index (χ0v) is 25.6. The lowest BCUT2D eigenvalue weighted by atomic mass is 10.1. The van der Waals surface area contributed by atoms with E-state index in [1.807, 2.05) is 18.2 Å². The molecule has 0 saturated carbocycles. The summed E-state index contributed by atoms with van der Waals surface area (Å²) < 4.78 is 59.1. The number of nitrogen functional groups attached to an aromatic ring is 1. The molecule has 1 unspecified atom stereocenters. The molecule has 41 heavy (non-hydrogen) atoms. The fraction of sp³-hybridized carbons (Fsp3) is 0.517. The van der Waals surface area contributed by atoms with Crippen molar-refractivity contribution in [1.82, 2.24) is 15.1 Å². The van der Waals surface area contributed by atoms with Crippen LogP contribution < -0.4 is 10.5 Å². The average Bonchev–Trinajstić information content (AvgIpc) is 3.35. The van der Waals surface area contributed by atoms with Crippen molar-refractivity contribution < 1.29 is 31.9 Å². The fourth-order valence-corrected chi connectivity index (χ4v) is 7.50. The maximum absolute atomic E-state index is 13.6. The molecule has 12 heteroatoms. The Kier molecular flexibility index (Phi) is 10.4. The number of ether oxygens (including phenoxy) is 2. The van der Waals surface area contributed by atoms with E-state index in [9.17, 15) is 18.0 Å². The maximum atomic E-state index is 13.6. The quantitative estimate of drug-likeness (QED) is 0.166. The number of anilines is 1. The van der Waals surface area contributed by atoms with Gasteiger partial charge in [-0.3, -0.25) is 5.10 Å². The molecule has 0 aliphatic rings. The van der Waals surface area contributed by atoms with Gasteiger partial charge in [-0.15, -0.1) is 0 Å². The first-order valence-electron chi connectivity index (χ1n) is 13.9. The van der Waals surface area contributed by atoms with Crippen LogP contribution in [0.1, 0.15) is 58.9 Å². The summed E-state index contributed by atoms with van der Waals surface area (Å²) in [5, 5.41) is 5.67. The number of hydrogen-bond acceptors (Lipinski definition) is 6. The molecule has 0 aliphatic heterocycles. The zero-order chi connectivity index (χ0) is 30.4. The van der Waals surface area contributed by atoms with Crippen molar-refractivity contribution >= 4 is 31.0 Å². The molecule has 226 valence electrons. The van der Waals surface area contributed by atoms with Crippen LogP contribution in [0.4, 0.5) is 23.7 Å². The van der Waals surface area contributed by atoms with Crippen LogP contribution in [0.15, 0.2) is 42.5 Å². The van der Waals surface area contributed by atoms with Crippen molar-refractivity contribution in [3.63, 3.8) is 0 Å². The van der Waals surface area contributed by atoms with Crippen LogP contribution in [0.5, 0.6) is 5.75 Å². The molecular weight excluding hydrogens is 553 g/mol. The van der Waals surface area contributed by atoms with Crippen molar-refractivity contribution in [2.45, 2.75) is 77.6 Å². The third-order valence-electron chi connectivity index (χ3n) is 7.09. The molecule has 2 aromatic carbocycles. The van der Waals surface area contributed by atoms with Gasteiger partial charge in [0.05, 0.1) is 30.1 Å². The number of benzene rings is 2. The number of nitrogens with two attached hydrogens (primary N) is 1. The van der Waals surface area contributed by atoms with E-state index in [-0.39, 0.29) is 36.3 Å². The molecule has 3 rings (SSSR count). The minimum Gasteiger partial charge on any atom is -0.491 e. The summed E-state index contributed by atoms with van der Waals surface area (Å²) in [6.45, 7) is 11.8. The zero-order valence-electron chi connectivity index (χ0n) is 24.6. The highest BCUT2D eigenvalue weighted by Gasteiger charge is 2.37. The Balaban J connectivity index is 1.91. The minimum absolute atomic E-state index is 0.0192. The second-order valence-corrected chi connectivity index (χ2v) is 15.8. The normalized spacial score (nSPS) is 13.3. The van der Waals surface area contributed by atoms with E-state index in [4.69, 9.17) is 19.6 Å². The Morgan fingerprint density at radius 3 is 2.32 bits per heavy atom. The van der Waals surface area contributed by atoms with Gasteiger partial charge >= 0.3 is 12.3 Å². The lowest BCUT2D eigenvalue weighted by Gasteiger charge is -2.36. The highest BCUT2D eigenvalue weighted by Crippen LogP contribution is 2.37. The molecule has 0 bridgehead atoms. The van der Waals surface area contributed by atoms with Gasteiger partial charge in [0.1, 0.15) is 18.0 Å². The number of aromatic amines is 1. The van der Waals surface area contributed by atoms with Crippen LogP contribution >= 0.6 is 0 Å². The molecule has 1 amide bonds. The lowest BCUT2D eigenvalue weighted by molar-refractivity contribution is -0.140. The summed E-state index contributed by atoms with van der Waals surface area (Å²) in [4.78, 5) is 14.9. The summed E-state index contributed by atoms with van der Waals surface area (Å²) in [5.41, 5.74) is 5.90. The fourth-order valence-electron chi connectivity index (χ4n) is 4.68. The number of rotatable bonds is 12. The standard InChI is InChI=1S/C29H41F3N4O4Si/c1-7-41(8-2,9-3)40-24(20-12-10-13-21(33)18-20)19-36(27(37)39-28(4,5)6)16-17-38-23-15-11-14-22-25(23)26(35-34-22)29(30,31)32/h10-15,18,24H,7-9,16-17,19,33H2,1-6H3,(H,34,35). The van der Waals surface area contributed by atoms with Crippen molar-refractivity contribution in [2.75, 3.05) is 25.4 Å². The second-order valence-electron chi connectivity index (χ2n) is 11.0. The third-order valence-corrected chi connectivity index (χ3v) is 11.7. The highest BCUT2D eigenvalue weighted by molar-refractivity contribution is 6.73. The van der Waals surface area contributed by atoms with Crippen molar-refractivity contribution in [1.29, 1.82) is 0 Å². The monoisotopic (exact) mass is 594 g/mol. The maximum Gasteiger partial charge on any atom is 0.433 e. The van der Waals surface area contributed by atoms with E-state index in [0.717, 1.165) is 23.7 Å². The first kappa shape index (κ1) is 32.3. The van der Waals surface area contributed by atoms with Gasteiger partial charge in [0, 0.05) is 5.69 Å². The van der Waals surface area contributed by atoms with Crippen LogP contribution in [-0.4, -0.2) is 54.8 Å². The predicted molar refractivity (Wildman–Crippen MR) is 156 cm³/mol. The number of nitrogens with one attached hydrogen (secondary N) is 1. The van der Waals surface area contributed by atoms with Crippen molar-refractivity contribution in [2.24, 2.45) is 0 Å². The van der Waals surface area contributed by atoms with Crippen LogP contribution in [0.2, 0.25) is 18.1 Å². The Hall–Kier alpha value is -3.25. The Labute approximate surface area is 240 Å². The highest BCUT2D eigenvalue weighted by atomic mass is 28.4. The van der Waals surface area contributed by atoms with Crippen molar-refractivity contribution in [3.05, 3.63) is 53.7 Å². The number of carbonyl (C=O) groups excluding carboxylic acids is 1. The van der Waals surface area contributed by atoms with E-state index < -0.39 is 38.0 Å². The third kappa shape index (κ3) is 8.38. The molecule has 0 fully saturated rings. The lowest BCUT2D eigenvalue weighted by Crippen LogP contribution is -2.45. The number of nitrogens with zero attached hydrogens (tertiary/aromatic N) is 2. The van der Waals surface area contributed by atoms with E-state index >= 15 is 0 Å². The van der Waals surface area contributed by atoms with Gasteiger partial charge in [0.2, 0.25) is 0 Å². The molecule has 0 spiro atoms. The predicted octanol–water partition coefficient (Wildman–Crippen LogP) is 7.54. The first-order chi connectivity index (χ1) is 19.2. The molecule has 3 aromatic rings. The van der Waals surface area contributed by atoms with Gasteiger partial charge in [-0.1, -0.05) is 39.0 Å². The smallest absolute Gasteiger partial charge is 0.433 e. The van der Waals surface area contributed by atoms with Crippen molar-refractivity contribution in [3.8, 4) is 5.75 Å². The minimum atomic E-state index is -4.63. The van der Waals surface area contributed by atoms with Crippen LogP contribution in [0, 0.1) is 0 Å². The molecule has 0 saturated heterocycles. The summed E-state index contributed by atoms with van der Waals surface area (Å²) in [5.74, 6) is 0.0192. The van der Waals surface area contributed by atoms with Crippen LogP contribution in [0.3, 0.4) is 0 Å². The Bertz CT molecular complexity index is 1300. The largest absolute Gasteiger partial charge is 0.491 e. The van der Waals surface area contributed by atoms with Gasteiger partial charge in [0.15, 0.2) is 14.0 Å². The molecule has 0 aliphatic carbocycles. The summed E-state index contributed by atoms with van der Waals surface area (Å²) in [7, 11) is -2.13. The summed E-state index contributed by atoms with van der Waals surface area (Å²) in [6.07, 6.45) is -5.69. The Morgan fingerprint density at radius 1 is 1.07 bits per heavy atom. The summed E-state index contributed by atoms with van der Waals surface area (Å²) >= 11 is 0. The SMILES string of the molecule is CC[Si](CC)(CC)OC(CN(CCOc1cccc2n[nH]c(C(F)(F)F)c12)C(=O)OC(C)(C)C)c1cccc(N)c1. The molecule has 8 nitrogen and oxygen atoms in total. The van der Waals surface area contributed by atoms with Gasteiger partial charge in [-0.2, -0.15) is 18.3 Å². The van der Waals surface area contributed by atoms with E-state index in [1.54, 1.807) is 32.9 Å². The number of aromatic nitrogens is 2. The number of halogens is 3. The molecular formula is C29H41F3N4O4Si. The van der Waals surface area contributed by atoms with Gasteiger partial charge in [-0.05, 0) is 68.7 Å². The number of hydrogen-bond donors (Lipinski definition) is 2. The van der Waals surface area contributed by atoms with Crippen LogP contribution in [0.25, 0.3) is 10.9 Å². The number of carbonyl (C=O) groups is 1. The van der Waals surface area contributed by atoms with E-state index in [1.165, 1.54) is 17.0 Å². The summed E-state index contributed by atoms with van der Waals surface area (Å²) in [6, 6.07) is 14.6. The second kappa shape index (κ2) is 13.2. The molecule has 0 radical (unpaired) electrons. The molecule has 1 atom stereocenters. The average molecular weight is 595 g/mol. The number of alkyl halides is 3. The molecule has 3 N–H and O–H groups in total. The van der Waals surface area contributed by atoms with Gasteiger partial charge < -0.3 is 24.5 Å². The van der Waals surface area contributed by atoms with Gasteiger partial charge in [0.25, 0.3) is 0 Å². The topological polar surface area (TPSA) is 103 Å². The first-order valence-corrected chi connectivity index (χ1v) is 16.4. The number of amides is 1. The molecule has 1 heterocycles.